The first kappa shape index (κ1) is 32.1. The molecular weight excluding hydrogens is 633 g/mol. The number of hydrogen-bond acceptors (Lipinski definition) is 8. The molecule has 3 aliphatic heterocycles. The molecule has 13 heteroatoms. The van der Waals surface area contributed by atoms with Crippen molar-refractivity contribution in [1.82, 2.24) is 19.5 Å². The number of sulfonamides is 1. The van der Waals surface area contributed by atoms with Crippen molar-refractivity contribution in [3.8, 4) is 10.4 Å². The molecule has 1 spiro atoms. The van der Waals surface area contributed by atoms with Gasteiger partial charge >= 0.3 is 0 Å². The second-order valence-electron chi connectivity index (χ2n) is 14.0. The van der Waals surface area contributed by atoms with Crippen LogP contribution in [0.2, 0.25) is 0 Å². The summed E-state index contributed by atoms with van der Waals surface area (Å²) in [7, 11) is -6.88. The monoisotopic (exact) mass is 672 g/mol. The zero-order valence-electron chi connectivity index (χ0n) is 26.1. The van der Waals surface area contributed by atoms with Gasteiger partial charge in [0, 0.05) is 48.1 Å². The van der Waals surface area contributed by atoms with Crippen molar-refractivity contribution in [3.63, 3.8) is 0 Å². The smallest absolute Gasteiger partial charge is 0.282 e. The highest BCUT2D eigenvalue weighted by Gasteiger charge is 2.49. The molecule has 3 aromatic rings. The highest BCUT2D eigenvalue weighted by Crippen LogP contribution is 2.43. The van der Waals surface area contributed by atoms with Crippen molar-refractivity contribution >= 4 is 53.8 Å². The lowest BCUT2D eigenvalue weighted by molar-refractivity contribution is 0.000307. The fraction of sp³-hybridized carbons (Fsp3) is 0.531. The standard InChI is InChI=1S/C32H40N4O6S3/c1-21-11-15-35(16-12-21)29(37)26-27(43-28(33-26)30(38)36-19-32(20-36)13-17-44(39,40)18-14-32)24-9-10-25(23-8-6-5-7-22(23)24)45(41,42)34-31(2,3)4/h5-10,21,34H,11-20H2,1-4H3. The summed E-state index contributed by atoms with van der Waals surface area (Å²) in [5.41, 5.74) is -0.0186. The van der Waals surface area contributed by atoms with Crippen LogP contribution in [0.15, 0.2) is 41.3 Å². The van der Waals surface area contributed by atoms with Crippen molar-refractivity contribution < 1.29 is 26.4 Å². The molecule has 3 fully saturated rings. The predicted octanol–water partition coefficient (Wildman–Crippen LogP) is 4.56. The van der Waals surface area contributed by atoms with Crippen molar-refractivity contribution in [1.29, 1.82) is 0 Å². The Morgan fingerprint density at radius 1 is 0.956 bits per heavy atom. The number of rotatable bonds is 5. The summed E-state index contributed by atoms with van der Waals surface area (Å²) in [4.78, 5) is 36.6. The van der Waals surface area contributed by atoms with Gasteiger partial charge in [-0.1, -0.05) is 37.3 Å². The van der Waals surface area contributed by atoms with Crippen LogP contribution in [0.25, 0.3) is 21.2 Å². The Bertz CT molecular complexity index is 1860. The molecule has 4 heterocycles. The number of carbonyl (C=O) groups excluding carboxylic acids is 2. The zero-order chi connectivity index (χ0) is 32.4. The van der Waals surface area contributed by atoms with E-state index in [4.69, 9.17) is 0 Å². The van der Waals surface area contributed by atoms with E-state index in [0.29, 0.717) is 66.2 Å². The molecule has 10 nitrogen and oxygen atoms in total. The van der Waals surface area contributed by atoms with E-state index in [1.165, 1.54) is 0 Å². The Labute approximate surface area is 269 Å². The molecule has 0 unspecified atom stereocenters. The van der Waals surface area contributed by atoms with E-state index in [-0.39, 0.29) is 44.3 Å². The van der Waals surface area contributed by atoms with Gasteiger partial charge in [-0.3, -0.25) is 9.59 Å². The van der Waals surface area contributed by atoms with Gasteiger partial charge in [-0.05, 0) is 63.8 Å². The van der Waals surface area contributed by atoms with E-state index in [1.54, 1.807) is 54.8 Å². The van der Waals surface area contributed by atoms with Crippen molar-refractivity contribution in [2.45, 2.75) is 63.8 Å². The molecule has 1 aromatic heterocycles. The molecular formula is C32H40N4O6S3. The molecule has 0 aliphatic carbocycles. The molecule has 0 radical (unpaired) electrons. The molecule has 0 bridgehead atoms. The average Bonchev–Trinajstić information content (AvgIpc) is 3.39. The molecule has 6 rings (SSSR count). The summed E-state index contributed by atoms with van der Waals surface area (Å²) in [6.45, 7) is 9.68. The highest BCUT2D eigenvalue weighted by atomic mass is 32.2. The molecule has 3 saturated heterocycles. The maximum Gasteiger partial charge on any atom is 0.282 e. The molecule has 0 saturated carbocycles. The number of amides is 2. The Hall–Kier alpha value is -2.87. The third-order valence-corrected chi connectivity index (χ3v) is 13.7. The van der Waals surface area contributed by atoms with Crippen molar-refractivity contribution in [2.24, 2.45) is 11.3 Å². The summed E-state index contributed by atoms with van der Waals surface area (Å²) < 4.78 is 53.5. The van der Waals surface area contributed by atoms with E-state index in [0.717, 1.165) is 24.2 Å². The minimum Gasteiger partial charge on any atom is -0.337 e. The first-order valence-corrected chi connectivity index (χ1v) is 19.5. The minimum atomic E-state index is -3.86. The van der Waals surface area contributed by atoms with Crippen LogP contribution in [-0.2, 0) is 19.9 Å². The summed E-state index contributed by atoms with van der Waals surface area (Å²) >= 11 is 1.15. The van der Waals surface area contributed by atoms with Gasteiger partial charge in [0.2, 0.25) is 10.0 Å². The number of sulfone groups is 1. The van der Waals surface area contributed by atoms with Crippen LogP contribution >= 0.6 is 11.3 Å². The van der Waals surface area contributed by atoms with Crippen LogP contribution in [0.3, 0.4) is 0 Å². The third kappa shape index (κ3) is 6.41. The summed E-state index contributed by atoms with van der Waals surface area (Å²) in [5.74, 6) is 0.306. The van der Waals surface area contributed by atoms with Gasteiger partial charge in [-0.25, -0.2) is 26.5 Å². The molecule has 1 N–H and O–H groups in total. The number of piperidine rings is 1. The zero-order valence-corrected chi connectivity index (χ0v) is 28.6. The predicted molar refractivity (Wildman–Crippen MR) is 176 cm³/mol. The van der Waals surface area contributed by atoms with E-state index in [9.17, 15) is 26.4 Å². The Morgan fingerprint density at radius 3 is 2.20 bits per heavy atom. The Morgan fingerprint density at radius 2 is 1.58 bits per heavy atom. The van der Waals surface area contributed by atoms with Crippen LogP contribution in [-0.4, -0.2) is 86.7 Å². The van der Waals surface area contributed by atoms with Gasteiger partial charge in [0.05, 0.1) is 21.3 Å². The number of benzene rings is 2. The Balaban J connectivity index is 1.39. The maximum absolute atomic E-state index is 14.0. The second kappa shape index (κ2) is 11.4. The van der Waals surface area contributed by atoms with Crippen LogP contribution in [0.5, 0.6) is 0 Å². The highest BCUT2D eigenvalue weighted by molar-refractivity contribution is 7.91. The quantitative estimate of drug-likeness (QED) is 0.420. The molecule has 3 aliphatic rings. The summed E-state index contributed by atoms with van der Waals surface area (Å²) in [6, 6.07) is 10.4. The fourth-order valence-electron chi connectivity index (χ4n) is 6.59. The number of nitrogens with one attached hydrogen (secondary N) is 1. The first-order valence-electron chi connectivity index (χ1n) is 15.4. The van der Waals surface area contributed by atoms with E-state index >= 15 is 0 Å². The number of hydrogen-bond donors (Lipinski definition) is 1. The lowest BCUT2D eigenvalue weighted by Crippen LogP contribution is -2.60. The summed E-state index contributed by atoms with van der Waals surface area (Å²) in [6.07, 6.45) is 2.87. The SMILES string of the molecule is CC1CCN(C(=O)c2nc(C(=O)N3CC4(CCS(=O)(=O)CC4)C3)sc2-c2ccc(S(=O)(=O)NC(C)(C)C)c3ccccc23)CC1. The minimum absolute atomic E-state index is 0.135. The number of thiazole rings is 1. The number of fused-ring (bicyclic) bond motifs is 1. The van der Waals surface area contributed by atoms with Gasteiger partial charge in [-0.15, -0.1) is 11.3 Å². The normalized spacial score (nSPS) is 20.4. The Kier molecular flexibility index (Phi) is 8.15. The lowest BCUT2D eigenvalue weighted by Gasteiger charge is -2.51. The van der Waals surface area contributed by atoms with Crippen LogP contribution in [0.1, 0.15) is 73.7 Å². The fourth-order valence-corrected chi connectivity index (χ4v) is 11.0. The van der Waals surface area contributed by atoms with Gasteiger partial charge in [-0.2, -0.15) is 0 Å². The molecule has 45 heavy (non-hydrogen) atoms. The first-order chi connectivity index (χ1) is 21.1. The van der Waals surface area contributed by atoms with Crippen LogP contribution in [0.4, 0.5) is 0 Å². The van der Waals surface area contributed by atoms with Crippen molar-refractivity contribution in [2.75, 3.05) is 37.7 Å². The molecule has 242 valence electrons. The van der Waals surface area contributed by atoms with E-state index < -0.39 is 25.4 Å². The van der Waals surface area contributed by atoms with Gasteiger partial charge in [0.15, 0.2) is 5.01 Å². The summed E-state index contributed by atoms with van der Waals surface area (Å²) in [5, 5.41) is 1.35. The van der Waals surface area contributed by atoms with Gasteiger partial charge < -0.3 is 9.80 Å². The third-order valence-electron chi connectivity index (χ3n) is 9.17. The maximum atomic E-state index is 14.0. The van der Waals surface area contributed by atoms with E-state index in [2.05, 4.69) is 16.6 Å². The number of likely N-dealkylation sites (tertiary alicyclic amines) is 2. The average molecular weight is 673 g/mol. The number of carbonyl (C=O) groups is 2. The number of nitrogens with zero attached hydrogens (tertiary/aromatic N) is 3. The van der Waals surface area contributed by atoms with Crippen LogP contribution < -0.4 is 4.72 Å². The van der Waals surface area contributed by atoms with Gasteiger partial charge in [0.25, 0.3) is 11.8 Å². The molecule has 2 amide bonds. The van der Waals surface area contributed by atoms with Crippen molar-refractivity contribution in [3.05, 3.63) is 47.1 Å². The largest absolute Gasteiger partial charge is 0.337 e. The number of aromatic nitrogens is 1. The second-order valence-corrected chi connectivity index (χ2v) is 19.0. The topological polar surface area (TPSA) is 134 Å². The molecule has 0 atom stereocenters. The van der Waals surface area contributed by atoms with E-state index in [1.807, 2.05) is 12.1 Å². The van der Waals surface area contributed by atoms with Gasteiger partial charge in [0.1, 0.15) is 15.5 Å². The lowest BCUT2D eigenvalue weighted by atomic mass is 9.75. The van der Waals surface area contributed by atoms with Crippen LogP contribution in [0, 0.1) is 11.3 Å². The molecule has 2 aromatic carbocycles.